The number of nitrogens with zero attached hydrogens (tertiary/aromatic N) is 1. The number of hydrogen-bond acceptors (Lipinski definition) is 4. The standard InChI is InChI=1S/C14H10F3NO3/c15-14(16,17)13(20)21-12(19)6-5-9-7-10-3-1-2-4-11(10)18-8-9/h1-4,7-8H,5-6H2. The Morgan fingerprint density at radius 2 is 1.90 bits per heavy atom. The summed E-state index contributed by atoms with van der Waals surface area (Å²) in [6.45, 7) is 0. The Bertz CT molecular complexity index is 682. The largest absolute Gasteiger partial charge is 0.491 e. The molecule has 0 atom stereocenters. The highest BCUT2D eigenvalue weighted by Crippen LogP contribution is 2.17. The second-order valence-electron chi connectivity index (χ2n) is 4.30. The fourth-order valence-corrected chi connectivity index (χ4v) is 1.71. The van der Waals surface area contributed by atoms with Crippen LogP contribution in [0.3, 0.4) is 0 Å². The van der Waals surface area contributed by atoms with E-state index in [0.29, 0.717) is 5.56 Å². The lowest BCUT2D eigenvalue weighted by Gasteiger charge is -2.06. The van der Waals surface area contributed by atoms with Gasteiger partial charge in [-0.15, -0.1) is 0 Å². The molecule has 0 aliphatic carbocycles. The molecule has 0 aliphatic heterocycles. The van der Waals surface area contributed by atoms with Crippen molar-refractivity contribution in [2.24, 2.45) is 0 Å². The lowest BCUT2D eigenvalue weighted by Crippen LogP contribution is -2.28. The van der Waals surface area contributed by atoms with E-state index in [4.69, 9.17) is 0 Å². The van der Waals surface area contributed by atoms with Crippen molar-refractivity contribution in [3.05, 3.63) is 42.1 Å². The molecule has 0 bridgehead atoms. The van der Waals surface area contributed by atoms with Crippen LogP contribution in [-0.2, 0) is 20.7 Å². The van der Waals surface area contributed by atoms with Gasteiger partial charge in [-0.25, -0.2) is 4.79 Å². The molecule has 0 radical (unpaired) electrons. The Kier molecular flexibility index (Phi) is 4.21. The maximum absolute atomic E-state index is 11.9. The van der Waals surface area contributed by atoms with E-state index >= 15 is 0 Å². The van der Waals surface area contributed by atoms with Crippen molar-refractivity contribution < 1.29 is 27.5 Å². The van der Waals surface area contributed by atoms with Crippen LogP contribution in [0.5, 0.6) is 0 Å². The van der Waals surface area contributed by atoms with Gasteiger partial charge in [-0.2, -0.15) is 13.2 Å². The van der Waals surface area contributed by atoms with E-state index in [0.717, 1.165) is 10.9 Å². The second-order valence-corrected chi connectivity index (χ2v) is 4.30. The average Bonchev–Trinajstić information content (AvgIpc) is 2.44. The summed E-state index contributed by atoms with van der Waals surface area (Å²) in [4.78, 5) is 25.8. The van der Waals surface area contributed by atoms with Crippen LogP contribution in [0.2, 0.25) is 0 Å². The molecule has 1 heterocycles. The van der Waals surface area contributed by atoms with Gasteiger partial charge in [0.2, 0.25) is 0 Å². The fraction of sp³-hybridized carbons (Fsp3) is 0.214. The maximum atomic E-state index is 11.9. The van der Waals surface area contributed by atoms with Crippen molar-refractivity contribution in [3.8, 4) is 0 Å². The average molecular weight is 297 g/mol. The molecule has 2 aromatic rings. The van der Waals surface area contributed by atoms with Crippen LogP contribution in [0.15, 0.2) is 36.5 Å². The molecular formula is C14H10F3NO3. The van der Waals surface area contributed by atoms with Crippen LogP contribution in [-0.4, -0.2) is 23.1 Å². The third-order valence-corrected chi connectivity index (χ3v) is 2.70. The maximum Gasteiger partial charge on any atom is 0.491 e. The highest BCUT2D eigenvalue weighted by atomic mass is 19.4. The monoisotopic (exact) mass is 297 g/mol. The van der Waals surface area contributed by atoms with Gasteiger partial charge in [0.15, 0.2) is 0 Å². The topological polar surface area (TPSA) is 56.3 Å². The molecule has 7 heteroatoms. The van der Waals surface area contributed by atoms with E-state index in [-0.39, 0.29) is 12.8 Å². The number of esters is 2. The number of para-hydroxylation sites is 1. The van der Waals surface area contributed by atoms with Crippen LogP contribution < -0.4 is 0 Å². The van der Waals surface area contributed by atoms with Crippen molar-refractivity contribution in [3.63, 3.8) is 0 Å². The predicted octanol–water partition coefficient (Wildman–Crippen LogP) is 2.80. The third kappa shape index (κ3) is 4.01. The number of aromatic nitrogens is 1. The van der Waals surface area contributed by atoms with Crippen LogP contribution in [0, 0.1) is 0 Å². The summed E-state index contributed by atoms with van der Waals surface area (Å²) in [6, 6.07) is 9.08. The molecule has 0 aliphatic rings. The van der Waals surface area contributed by atoms with Crippen LogP contribution in [0.4, 0.5) is 13.2 Å². The SMILES string of the molecule is O=C(CCc1cnc2ccccc2c1)OC(=O)C(F)(F)F. The minimum atomic E-state index is -5.17. The van der Waals surface area contributed by atoms with Gasteiger partial charge in [0.1, 0.15) is 0 Å². The Morgan fingerprint density at radius 3 is 2.62 bits per heavy atom. The molecule has 0 saturated heterocycles. The highest BCUT2D eigenvalue weighted by molar-refractivity contribution is 5.88. The number of benzene rings is 1. The molecule has 1 aromatic carbocycles. The zero-order chi connectivity index (χ0) is 15.5. The smallest absolute Gasteiger partial charge is 0.386 e. The zero-order valence-electron chi connectivity index (χ0n) is 10.7. The van der Waals surface area contributed by atoms with Gasteiger partial charge in [-0.05, 0) is 24.1 Å². The molecule has 0 fully saturated rings. The van der Waals surface area contributed by atoms with Gasteiger partial charge in [-0.3, -0.25) is 9.78 Å². The minimum absolute atomic E-state index is 0.141. The van der Waals surface area contributed by atoms with Crippen LogP contribution in [0.25, 0.3) is 10.9 Å². The summed E-state index contributed by atoms with van der Waals surface area (Å²) >= 11 is 0. The minimum Gasteiger partial charge on any atom is -0.386 e. The fourth-order valence-electron chi connectivity index (χ4n) is 1.71. The number of aryl methyl sites for hydroxylation is 1. The van der Waals surface area contributed by atoms with Crippen molar-refractivity contribution in [1.29, 1.82) is 0 Å². The second kappa shape index (κ2) is 5.90. The van der Waals surface area contributed by atoms with E-state index in [1.807, 2.05) is 24.3 Å². The third-order valence-electron chi connectivity index (χ3n) is 2.70. The first-order valence-electron chi connectivity index (χ1n) is 6.02. The van der Waals surface area contributed by atoms with Gasteiger partial charge in [0, 0.05) is 11.6 Å². The predicted molar refractivity (Wildman–Crippen MR) is 67.2 cm³/mol. The molecular weight excluding hydrogens is 287 g/mol. The molecule has 0 amide bonds. The lowest BCUT2D eigenvalue weighted by atomic mass is 10.1. The molecule has 4 nitrogen and oxygen atoms in total. The summed E-state index contributed by atoms with van der Waals surface area (Å²) < 4.78 is 39.4. The number of ether oxygens (including phenoxy) is 1. The summed E-state index contributed by atoms with van der Waals surface area (Å²) in [7, 11) is 0. The number of alkyl halides is 3. The highest BCUT2D eigenvalue weighted by Gasteiger charge is 2.42. The van der Waals surface area contributed by atoms with Crippen molar-refractivity contribution in [2.45, 2.75) is 19.0 Å². The number of fused-ring (bicyclic) bond motifs is 1. The molecule has 0 unspecified atom stereocenters. The van der Waals surface area contributed by atoms with E-state index in [1.165, 1.54) is 6.20 Å². The Morgan fingerprint density at radius 1 is 1.19 bits per heavy atom. The van der Waals surface area contributed by atoms with Gasteiger partial charge in [0.05, 0.1) is 11.9 Å². The van der Waals surface area contributed by atoms with Crippen LogP contribution in [0.1, 0.15) is 12.0 Å². The summed E-state index contributed by atoms with van der Waals surface area (Å²) in [6.07, 6.45) is -3.83. The summed E-state index contributed by atoms with van der Waals surface area (Å²) in [5.41, 5.74) is 1.45. The first kappa shape index (κ1) is 15.0. The van der Waals surface area contributed by atoms with Crippen molar-refractivity contribution >= 4 is 22.8 Å². The number of pyridine rings is 1. The normalized spacial score (nSPS) is 11.4. The Hall–Kier alpha value is -2.44. The van der Waals surface area contributed by atoms with Crippen LogP contribution >= 0.6 is 0 Å². The Balaban J connectivity index is 1.95. The van der Waals surface area contributed by atoms with E-state index < -0.39 is 18.1 Å². The number of halogens is 3. The number of rotatable bonds is 3. The number of carbonyl (C=O) groups excluding carboxylic acids is 2. The van der Waals surface area contributed by atoms with Gasteiger partial charge in [0.25, 0.3) is 0 Å². The molecule has 21 heavy (non-hydrogen) atoms. The van der Waals surface area contributed by atoms with Gasteiger partial charge >= 0.3 is 18.1 Å². The molecule has 0 saturated carbocycles. The van der Waals surface area contributed by atoms with E-state index in [1.54, 1.807) is 6.07 Å². The van der Waals surface area contributed by atoms with E-state index in [9.17, 15) is 22.8 Å². The molecule has 2 rings (SSSR count). The Labute approximate surface area is 117 Å². The number of hydrogen-bond donors (Lipinski definition) is 0. The first-order valence-corrected chi connectivity index (χ1v) is 6.02. The number of carbonyl (C=O) groups is 2. The first-order chi connectivity index (χ1) is 9.86. The van der Waals surface area contributed by atoms with E-state index in [2.05, 4.69) is 9.72 Å². The van der Waals surface area contributed by atoms with Gasteiger partial charge < -0.3 is 4.74 Å². The molecule has 0 N–H and O–H groups in total. The summed E-state index contributed by atoms with van der Waals surface area (Å²) in [5.74, 6) is -3.71. The molecule has 110 valence electrons. The van der Waals surface area contributed by atoms with Gasteiger partial charge in [-0.1, -0.05) is 18.2 Å². The lowest BCUT2D eigenvalue weighted by molar-refractivity contribution is -0.201. The van der Waals surface area contributed by atoms with Crippen molar-refractivity contribution in [1.82, 2.24) is 4.98 Å². The quantitative estimate of drug-likeness (QED) is 0.645. The van der Waals surface area contributed by atoms with Crippen molar-refractivity contribution in [2.75, 3.05) is 0 Å². The summed E-state index contributed by atoms with van der Waals surface area (Å²) in [5, 5.41) is 0.856. The zero-order valence-corrected chi connectivity index (χ0v) is 10.7. The molecule has 0 spiro atoms. The molecule has 1 aromatic heterocycles.